The number of carbonyl (C=O) groups excluding carboxylic acids is 1. The molecule has 90 valence electrons. The van der Waals surface area contributed by atoms with E-state index in [0.29, 0.717) is 5.75 Å². The van der Waals surface area contributed by atoms with Gasteiger partial charge in [0, 0.05) is 10.9 Å². The van der Waals surface area contributed by atoms with Crippen LogP contribution in [-0.4, -0.2) is 22.7 Å². The van der Waals surface area contributed by atoms with Crippen molar-refractivity contribution in [1.82, 2.24) is 0 Å². The van der Waals surface area contributed by atoms with Gasteiger partial charge < -0.3 is 16.2 Å². The van der Waals surface area contributed by atoms with Gasteiger partial charge in [-0.3, -0.25) is 9.59 Å². The Morgan fingerprint density at radius 3 is 3.06 bits per heavy atom. The van der Waals surface area contributed by atoms with Gasteiger partial charge in [0.15, 0.2) is 0 Å². The molecule has 0 bridgehead atoms. The van der Waals surface area contributed by atoms with Crippen molar-refractivity contribution >= 4 is 29.3 Å². The van der Waals surface area contributed by atoms with Crippen LogP contribution in [0.15, 0.2) is 23.1 Å². The van der Waals surface area contributed by atoms with Crippen molar-refractivity contribution in [2.75, 3.05) is 11.1 Å². The number of carboxylic acids is 1. The fourth-order valence-corrected chi connectivity index (χ4v) is 2.48. The molecule has 1 aromatic rings. The van der Waals surface area contributed by atoms with E-state index in [1.807, 2.05) is 6.07 Å². The lowest BCUT2D eigenvalue weighted by Gasteiger charge is -2.18. The van der Waals surface area contributed by atoms with Gasteiger partial charge in [-0.15, -0.1) is 11.8 Å². The van der Waals surface area contributed by atoms with Crippen LogP contribution in [0.3, 0.4) is 0 Å². The van der Waals surface area contributed by atoms with E-state index in [0.717, 1.165) is 16.1 Å². The third kappa shape index (κ3) is 2.78. The number of nitrogens with two attached hydrogens (primary N) is 1. The van der Waals surface area contributed by atoms with Crippen molar-refractivity contribution in [2.24, 2.45) is 5.73 Å². The second-order valence-corrected chi connectivity index (χ2v) is 4.81. The minimum Gasteiger partial charge on any atom is -0.481 e. The van der Waals surface area contributed by atoms with Gasteiger partial charge >= 0.3 is 5.97 Å². The Balaban J connectivity index is 2.21. The summed E-state index contributed by atoms with van der Waals surface area (Å²) in [6, 6.07) is 4.83. The van der Waals surface area contributed by atoms with E-state index >= 15 is 0 Å². The summed E-state index contributed by atoms with van der Waals surface area (Å²) in [6.45, 7) is 0. The summed E-state index contributed by atoms with van der Waals surface area (Å²) in [5, 5.41) is 11.4. The van der Waals surface area contributed by atoms with Crippen LogP contribution in [0.25, 0.3) is 0 Å². The molecular weight excluding hydrogens is 240 g/mol. The van der Waals surface area contributed by atoms with E-state index in [4.69, 9.17) is 10.8 Å². The van der Waals surface area contributed by atoms with Crippen LogP contribution in [0.2, 0.25) is 0 Å². The molecule has 1 unspecified atom stereocenters. The van der Waals surface area contributed by atoms with Crippen LogP contribution < -0.4 is 11.1 Å². The number of rotatable bonds is 3. The lowest BCUT2D eigenvalue weighted by atomic mass is 10.0. The van der Waals surface area contributed by atoms with Crippen LogP contribution in [0.4, 0.5) is 5.69 Å². The number of hydrogen-bond acceptors (Lipinski definition) is 4. The molecular formula is C11H12N2O3S. The van der Waals surface area contributed by atoms with E-state index in [-0.39, 0.29) is 12.3 Å². The molecule has 1 atom stereocenters. The minimum atomic E-state index is -0.920. The van der Waals surface area contributed by atoms with Gasteiger partial charge in [0.25, 0.3) is 0 Å². The molecule has 0 saturated carbocycles. The number of thioether (sulfide) groups is 1. The van der Waals surface area contributed by atoms with Crippen molar-refractivity contribution < 1.29 is 14.7 Å². The molecule has 17 heavy (non-hydrogen) atoms. The monoisotopic (exact) mass is 252 g/mol. The molecule has 0 aliphatic carbocycles. The standard InChI is InChI=1S/C11H12N2O3S/c12-7(4-11(15)16)6-1-2-8-9(3-6)17-5-10(14)13-8/h1-3,7H,4-5,12H2,(H,13,14)(H,15,16). The lowest BCUT2D eigenvalue weighted by Crippen LogP contribution is -2.20. The molecule has 1 heterocycles. The largest absolute Gasteiger partial charge is 0.481 e. The van der Waals surface area contributed by atoms with Crippen LogP contribution in [0, 0.1) is 0 Å². The van der Waals surface area contributed by atoms with E-state index in [2.05, 4.69) is 5.32 Å². The molecule has 0 fully saturated rings. The van der Waals surface area contributed by atoms with E-state index < -0.39 is 12.0 Å². The third-order valence-electron chi connectivity index (χ3n) is 2.46. The molecule has 0 spiro atoms. The maximum atomic E-state index is 11.2. The summed E-state index contributed by atoms with van der Waals surface area (Å²) in [6.07, 6.45) is -0.101. The van der Waals surface area contributed by atoms with Crippen LogP contribution >= 0.6 is 11.8 Å². The normalized spacial score (nSPS) is 15.9. The van der Waals surface area contributed by atoms with Crippen molar-refractivity contribution in [3.63, 3.8) is 0 Å². The fraction of sp³-hybridized carbons (Fsp3) is 0.273. The number of aliphatic carboxylic acids is 1. The highest BCUT2D eigenvalue weighted by atomic mass is 32.2. The number of carbonyl (C=O) groups is 2. The van der Waals surface area contributed by atoms with E-state index in [1.165, 1.54) is 11.8 Å². The SMILES string of the molecule is NC(CC(=O)O)c1ccc2c(c1)SCC(=O)N2. The summed E-state index contributed by atoms with van der Waals surface area (Å²) in [4.78, 5) is 22.7. The quantitative estimate of drug-likeness (QED) is 0.751. The van der Waals surface area contributed by atoms with E-state index in [1.54, 1.807) is 12.1 Å². The molecule has 0 aromatic heterocycles. The first-order chi connectivity index (χ1) is 8.06. The molecule has 6 heteroatoms. The summed E-state index contributed by atoms with van der Waals surface area (Å²) in [5.74, 6) is -0.564. The van der Waals surface area contributed by atoms with Gasteiger partial charge in [-0.1, -0.05) is 6.07 Å². The molecule has 4 N–H and O–H groups in total. The Hall–Kier alpha value is -1.53. The number of hydrogen-bond donors (Lipinski definition) is 3. The molecule has 1 aliphatic rings. The molecule has 1 aliphatic heterocycles. The van der Waals surface area contributed by atoms with Crippen molar-refractivity contribution in [2.45, 2.75) is 17.4 Å². The number of anilines is 1. The molecule has 0 radical (unpaired) electrons. The predicted molar refractivity (Wildman–Crippen MR) is 65.0 cm³/mol. The van der Waals surface area contributed by atoms with Crippen molar-refractivity contribution in [1.29, 1.82) is 0 Å². The lowest BCUT2D eigenvalue weighted by molar-refractivity contribution is -0.137. The Kier molecular flexibility index (Phi) is 3.35. The van der Waals surface area contributed by atoms with Gasteiger partial charge in [0.1, 0.15) is 0 Å². The van der Waals surface area contributed by atoms with Gasteiger partial charge in [0.05, 0.1) is 17.9 Å². The average Bonchev–Trinajstić information content (AvgIpc) is 2.27. The highest BCUT2D eigenvalue weighted by molar-refractivity contribution is 8.00. The molecule has 1 amide bonds. The zero-order valence-corrected chi connectivity index (χ0v) is 9.79. The number of fused-ring (bicyclic) bond motifs is 1. The Labute approximate surface area is 102 Å². The van der Waals surface area contributed by atoms with Gasteiger partial charge in [-0.2, -0.15) is 0 Å². The second-order valence-electron chi connectivity index (χ2n) is 3.80. The first kappa shape index (κ1) is 11.9. The fourth-order valence-electron chi connectivity index (χ4n) is 1.63. The summed E-state index contributed by atoms with van der Waals surface area (Å²) >= 11 is 1.43. The highest BCUT2D eigenvalue weighted by Gasteiger charge is 2.18. The van der Waals surface area contributed by atoms with Crippen LogP contribution in [0.5, 0.6) is 0 Å². The Morgan fingerprint density at radius 1 is 1.59 bits per heavy atom. The zero-order valence-electron chi connectivity index (χ0n) is 8.97. The zero-order chi connectivity index (χ0) is 12.4. The second kappa shape index (κ2) is 4.77. The summed E-state index contributed by atoms with van der Waals surface area (Å²) in [7, 11) is 0. The van der Waals surface area contributed by atoms with Crippen molar-refractivity contribution in [3.05, 3.63) is 23.8 Å². The number of carboxylic acid groups (broad SMARTS) is 1. The summed E-state index contributed by atoms with van der Waals surface area (Å²) < 4.78 is 0. The molecule has 1 aromatic carbocycles. The highest BCUT2D eigenvalue weighted by Crippen LogP contribution is 2.33. The maximum Gasteiger partial charge on any atom is 0.305 e. The predicted octanol–water partition coefficient (Wildman–Crippen LogP) is 1.21. The van der Waals surface area contributed by atoms with Crippen LogP contribution in [-0.2, 0) is 9.59 Å². The Morgan fingerprint density at radius 2 is 2.35 bits per heavy atom. The third-order valence-corrected chi connectivity index (χ3v) is 3.52. The Bertz CT molecular complexity index is 476. The molecule has 0 saturated heterocycles. The first-order valence-corrected chi connectivity index (χ1v) is 6.09. The van der Waals surface area contributed by atoms with Gasteiger partial charge in [-0.05, 0) is 17.7 Å². The van der Waals surface area contributed by atoms with E-state index in [9.17, 15) is 9.59 Å². The summed E-state index contributed by atoms with van der Waals surface area (Å²) in [5.41, 5.74) is 7.31. The molecule has 5 nitrogen and oxygen atoms in total. The first-order valence-electron chi connectivity index (χ1n) is 5.10. The number of benzene rings is 1. The number of nitrogens with one attached hydrogen (secondary N) is 1. The maximum absolute atomic E-state index is 11.2. The average molecular weight is 252 g/mol. The molecule has 2 rings (SSSR count). The van der Waals surface area contributed by atoms with Gasteiger partial charge in [-0.25, -0.2) is 0 Å². The minimum absolute atomic E-state index is 0.0231. The number of amides is 1. The van der Waals surface area contributed by atoms with Crippen LogP contribution in [0.1, 0.15) is 18.0 Å². The topological polar surface area (TPSA) is 92.4 Å². The van der Waals surface area contributed by atoms with Crippen molar-refractivity contribution in [3.8, 4) is 0 Å². The van der Waals surface area contributed by atoms with Gasteiger partial charge in [0.2, 0.25) is 5.91 Å². The smallest absolute Gasteiger partial charge is 0.305 e.